The van der Waals surface area contributed by atoms with Gasteiger partial charge in [0.05, 0.1) is 16.7 Å². The van der Waals surface area contributed by atoms with E-state index in [1.807, 2.05) is 13.8 Å². The lowest BCUT2D eigenvalue weighted by Gasteiger charge is -2.24. The zero-order valence-electron chi connectivity index (χ0n) is 15.7. The molecule has 1 aliphatic rings. The maximum absolute atomic E-state index is 12.6. The Balaban J connectivity index is 1.75. The Labute approximate surface area is 164 Å². The molecule has 0 unspecified atom stereocenters. The molecule has 0 aliphatic carbocycles. The zero-order valence-corrected chi connectivity index (χ0v) is 16.5. The van der Waals surface area contributed by atoms with Gasteiger partial charge in [0.25, 0.3) is 10.0 Å². The molecular weight excluding hydrogens is 380 g/mol. The van der Waals surface area contributed by atoms with E-state index in [0.717, 1.165) is 4.90 Å². The number of sulfonamides is 1. The van der Waals surface area contributed by atoms with E-state index in [1.165, 1.54) is 24.3 Å². The van der Waals surface area contributed by atoms with Gasteiger partial charge in [0, 0.05) is 18.5 Å². The summed E-state index contributed by atoms with van der Waals surface area (Å²) in [6, 6.07) is 12.3. The van der Waals surface area contributed by atoms with Gasteiger partial charge in [0.1, 0.15) is 5.75 Å². The number of nitrogens with zero attached hydrogens (tertiary/aromatic N) is 1. The van der Waals surface area contributed by atoms with E-state index in [9.17, 15) is 18.0 Å². The fraction of sp³-hybridized carbons (Fsp3) is 0.300. The van der Waals surface area contributed by atoms with Gasteiger partial charge in [-0.25, -0.2) is 8.42 Å². The van der Waals surface area contributed by atoms with Crippen molar-refractivity contribution in [1.82, 2.24) is 0 Å². The predicted octanol–water partition coefficient (Wildman–Crippen LogP) is 3.32. The van der Waals surface area contributed by atoms with Crippen LogP contribution < -0.4 is 14.4 Å². The molecule has 0 aromatic heterocycles. The molecule has 1 N–H and O–H groups in total. The van der Waals surface area contributed by atoms with Crippen LogP contribution in [0.25, 0.3) is 0 Å². The number of carbonyl (C=O) groups is 2. The second-order valence-electron chi connectivity index (χ2n) is 6.77. The van der Waals surface area contributed by atoms with Crippen LogP contribution in [0.4, 0.5) is 11.4 Å². The highest BCUT2D eigenvalue weighted by molar-refractivity contribution is 7.92. The van der Waals surface area contributed by atoms with Crippen molar-refractivity contribution in [3.8, 4) is 5.75 Å². The molecule has 1 aliphatic heterocycles. The average molecular weight is 402 g/mol. The summed E-state index contributed by atoms with van der Waals surface area (Å²) in [6.07, 6.45) is 1.19. The number of piperidine rings is 1. The number of rotatable bonds is 6. The highest BCUT2D eigenvalue weighted by atomic mass is 32.2. The number of nitrogens with one attached hydrogen (secondary N) is 1. The molecule has 7 nitrogen and oxygen atoms in total. The van der Waals surface area contributed by atoms with Gasteiger partial charge in [-0.15, -0.1) is 0 Å². The van der Waals surface area contributed by atoms with Crippen molar-refractivity contribution >= 4 is 33.2 Å². The van der Waals surface area contributed by atoms with Gasteiger partial charge in [-0.05, 0) is 68.8 Å². The molecule has 3 rings (SSSR count). The Bertz CT molecular complexity index is 951. The molecule has 8 heteroatoms. The van der Waals surface area contributed by atoms with E-state index < -0.39 is 10.0 Å². The van der Waals surface area contributed by atoms with E-state index in [-0.39, 0.29) is 22.8 Å². The molecule has 0 radical (unpaired) electrons. The van der Waals surface area contributed by atoms with E-state index in [0.29, 0.717) is 36.4 Å². The van der Waals surface area contributed by atoms with Crippen LogP contribution in [0.1, 0.15) is 33.1 Å². The van der Waals surface area contributed by atoms with Crippen molar-refractivity contribution in [2.24, 2.45) is 0 Å². The Morgan fingerprint density at radius 3 is 2.04 bits per heavy atom. The summed E-state index contributed by atoms with van der Waals surface area (Å²) in [5, 5.41) is 0. The topological polar surface area (TPSA) is 92.8 Å². The molecule has 2 aromatic carbocycles. The lowest BCUT2D eigenvalue weighted by Crippen LogP contribution is -2.40. The van der Waals surface area contributed by atoms with E-state index in [4.69, 9.17) is 4.74 Å². The third kappa shape index (κ3) is 4.51. The first-order valence-corrected chi connectivity index (χ1v) is 10.5. The SMILES string of the molecule is CC(C)Oc1ccc(NS(=O)(=O)c2ccc(N3C(=O)CCCC3=O)cc2)cc1. The minimum Gasteiger partial charge on any atom is -0.491 e. The quantitative estimate of drug-likeness (QED) is 0.748. The van der Waals surface area contributed by atoms with Crippen molar-refractivity contribution in [1.29, 1.82) is 0 Å². The third-order valence-electron chi connectivity index (χ3n) is 4.16. The number of hydrogen-bond acceptors (Lipinski definition) is 5. The van der Waals surface area contributed by atoms with Gasteiger partial charge in [-0.1, -0.05) is 0 Å². The van der Waals surface area contributed by atoms with E-state index in [1.54, 1.807) is 24.3 Å². The lowest BCUT2D eigenvalue weighted by atomic mass is 10.1. The number of ether oxygens (including phenoxy) is 1. The Kier molecular flexibility index (Phi) is 5.69. The standard InChI is InChI=1S/C20H22N2O5S/c1-14(2)27-17-10-6-15(7-11-17)21-28(25,26)18-12-8-16(9-13-18)22-19(23)4-3-5-20(22)24/h6-14,21H,3-5H2,1-2H3. The molecule has 0 bridgehead atoms. The molecule has 0 spiro atoms. The number of benzene rings is 2. The van der Waals surface area contributed by atoms with Crippen LogP contribution in [0.5, 0.6) is 5.75 Å². The number of carbonyl (C=O) groups excluding carboxylic acids is 2. The number of hydrogen-bond donors (Lipinski definition) is 1. The number of anilines is 2. The van der Waals surface area contributed by atoms with Crippen LogP contribution in [0.2, 0.25) is 0 Å². The fourth-order valence-electron chi connectivity index (χ4n) is 2.90. The molecule has 28 heavy (non-hydrogen) atoms. The van der Waals surface area contributed by atoms with Gasteiger partial charge >= 0.3 is 0 Å². The summed E-state index contributed by atoms with van der Waals surface area (Å²) in [4.78, 5) is 25.1. The molecule has 2 amide bonds. The van der Waals surface area contributed by atoms with Crippen LogP contribution in [-0.2, 0) is 19.6 Å². The maximum Gasteiger partial charge on any atom is 0.261 e. The summed E-state index contributed by atoms with van der Waals surface area (Å²) in [5.74, 6) is 0.112. The Morgan fingerprint density at radius 2 is 1.50 bits per heavy atom. The minimum atomic E-state index is -3.80. The predicted molar refractivity (Wildman–Crippen MR) is 106 cm³/mol. The van der Waals surface area contributed by atoms with Crippen molar-refractivity contribution < 1.29 is 22.7 Å². The van der Waals surface area contributed by atoms with Crippen molar-refractivity contribution in [3.63, 3.8) is 0 Å². The van der Waals surface area contributed by atoms with Crippen LogP contribution in [0.3, 0.4) is 0 Å². The summed E-state index contributed by atoms with van der Waals surface area (Å²) >= 11 is 0. The summed E-state index contributed by atoms with van der Waals surface area (Å²) in [7, 11) is -3.80. The Morgan fingerprint density at radius 1 is 0.929 bits per heavy atom. The maximum atomic E-state index is 12.6. The van der Waals surface area contributed by atoms with Gasteiger partial charge in [-0.3, -0.25) is 19.2 Å². The molecule has 0 atom stereocenters. The number of amides is 2. The molecular formula is C20H22N2O5S. The zero-order chi connectivity index (χ0) is 20.3. The van der Waals surface area contributed by atoms with Crippen LogP contribution in [-0.4, -0.2) is 26.3 Å². The van der Waals surface area contributed by atoms with Gasteiger partial charge < -0.3 is 4.74 Å². The third-order valence-corrected chi connectivity index (χ3v) is 5.56. The molecule has 148 valence electrons. The second kappa shape index (κ2) is 8.02. The second-order valence-corrected chi connectivity index (χ2v) is 8.45. The number of imide groups is 1. The largest absolute Gasteiger partial charge is 0.491 e. The molecule has 2 aromatic rings. The fourth-order valence-corrected chi connectivity index (χ4v) is 3.96. The first kappa shape index (κ1) is 19.9. The van der Waals surface area contributed by atoms with Gasteiger partial charge in [-0.2, -0.15) is 0 Å². The molecule has 0 saturated carbocycles. The smallest absolute Gasteiger partial charge is 0.261 e. The molecule has 1 saturated heterocycles. The van der Waals surface area contributed by atoms with Crippen molar-refractivity contribution in [2.45, 2.75) is 44.1 Å². The summed E-state index contributed by atoms with van der Waals surface area (Å²) < 4.78 is 33.2. The monoisotopic (exact) mass is 402 g/mol. The van der Waals surface area contributed by atoms with Crippen molar-refractivity contribution in [3.05, 3.63) is 48.5 Å². The minimum absolute atomic E-state index is 0.0275. The average Bonchev–Trinajstić information content (AvgIpc) is 2.63. The van der Waals surface area contributed by atoms with Crippen LogP contribution >= 0.6 is 0 Å². The lowest BCUT2D eigenvalue weighted by molar-refractivity contribution is -0.129. The van der Waals surface area contributed by atoms with Crippen LogP contribution in [0.15, 0.2) is 53.4 Å². The van der Waals surface area contributed by atoms with E-state index in [2.05, 4.69) is 4.72 Å². The van der Waals surface area contributed by atoms with Gasteiger partial charge in [0.15, 0.2) is 0 Å². The summed E-state index contributed by atoms with van der Waals surface area (Å²) in [5.41, 5.74) is 0.783. The van der Waals surface area contributed by atoms with Gasteiger partial charge in [0.2, 0.25) is 11.8 Å². The molecule has 1 fully saturated rings. The Hall–Kier alpha value is -2.87. The first-order valence-electron chi connectivity index (χ1n) is 9.02. The highest BCUT2D eigenvalue weighted by Gasteiger charge is 2.27. The van der Waals surface area contributed by atoms with Crippen molar-refractivity contribution in [2.75, 3.05) is 9.62 Å². The highest BCUT2D eigenvalue weighted by Crippen LogP contribution is 2.25. The molecule has 1 heterocycles. The first-order chi connectivity index (χ1) is 13.3. The van der Waals surface area contributed by atoms with E-state index >= 15 is 0 Å². The normalized spacial score (nSPS) is 15.0. The van der Waals surface area contributed by atoms with Crippen LogP contribution in [0, 0.1) is 0 Å². The summed E-state index contributed by atoms with van der Waals surface area (Å²) in [6.45, 7) is 3.82.